The van der Waals surface area contributed by atoms with E-state index in [9.17, 15) is 9.59 Å². The second-order valence-corrected chi connectivity index (χ2v) is 6.68. The Bertz CT molecular complexity index is 638. The van der Waals surface area contributed by atoms with Gasteiger partial charge in [-0.3, -0.25) is 4.79 Å². The monoisotopic (exact) mass is 314 g/mol. The first kappa shape index (κ1) is 18.9. The number of carboxylic acids is 1. The SMILES string of the molecule is CC1=C(/C=C/C(C)=C/C=C/C(C)=C/C(=O)O)C(C)(C)CCC1=O. The Morgan fingerprint density at radius 3 is 2.43 bits per heavy atom. The van der Waals surface area contributed by atoms with E-state index in [1.165, 1.54) is 6.08 Å². The van der Waals surface area contributed by atoms with Crippen molar-refractivity contribution in [1.29, 1.82) is 0 Å². The van der Waals surface area contributed by atoms with E-state index in [2.05, 4.69) is 13.8 Å². The number of aliphatic carboxylic acids is 1. The van der Waals surface area contributed by atoms with Crippen molar-refractivity contribution in [1.82, 2.24) is 0 Å². The van der Waals surface area contributed by atoms with Crippen LogP contribution in [0.5, 0.6) is 0 Å². The van der Waals surface area contributed by atoms with E-state index in [1.807, 2.05) is 38.2 Å². The van der Waals surface area contributed by atoms with Gasteiger partial charge in [0.05, 0.1) is 0 Å². The molecule has 1 aliphatic rings. The summed E-state index contributed by atoms with van der Waals surface area (Å²) in [5.41, 5.74) is 3.71. The molecule has 3 heteroatoms. The average Bonchev–Trinajstić information content (AvgIpc) is 2.42. The lowest BCUT2D eigenvalue weighted by Gasteiger charge is -2.32. The van der Waals surface area contributed by atoms with Gasteiger partial charge >= 0.3 is 5.97 Å². The molecular weight excluding hydrogens is 288 g/mol. The first-order chi connectivity index (χ1) is 10.6. The molecule has 0 fully saturated rings. The highest BCUT2D eigenvalue weighted by atomic mass is 16.4. The minimum Gasteiger partial charge on any atom is -0.478 e. The fraction of sp³-hybridized carbons (Fsp3) is 0.400. The molecule has 0 atom stereocenters. The quantitative estimate of drug-likeness (QED) is 0.587. The van der Waals surface area contributed by atoms with Crippen LogP contribution >= 0.6 is 0 Å². The van der Waals surface area contributed by atoms with Gasteiger partial charge in [0.25, 0.3) is 0 Å². The Morgan fingerprint density at radius 1 is 1.17 bits per heavy atom. The highest BCUT2D eigenvalue weighted by molar-refractivity contribution is 5.97. The van der Waals surface area contributed by atoms with Crippen LogP contribution in [-0.4, -0.2) is 16.9 Å². The molecule has 0 aromatic carbocycles. The summed E-state index contributed by atoms with van der Waals surface area (Å²) in [6.07, 6.45) is 12.2. The summed E-state index contributed by atoms with van der Waals surface area (Å²) in [4.78, 5) is 22.4. The maximum atomic E-state index is 11.9. The van der Waals surface area contributed by atoms with Gasteiger partial charge in [0.15, 0.2) is 5.78 Å². The van der Waals surface area contributed by atoms with Crippen molar-refractivity contribution in [3.8, 4) is 0 Å². The summed E-state index contributed by atoms with van der Waals surface area (Å²) >= 11 is 0. The van der Waals surface area contributed by atoms with Crippen LogP contribution in [0.3, 0.4) is 0 Å². The number of carbonyl (C=O) groups is 2. The molecule has 0 saturated heterocycles. The molecule has 0 amide bonds. The van der Waals surface area contributed by atoms with Gasteiger partial charge in [0, 0.05) is 12.5 Å². The molecule has 23 heavy (non-hydrogen) atoms. The van der Waals surface area contributed by atoms with E-state index in [1.54, 1.807) is 13.0 Å². The van der Waals surface area contributed by atoms with Crippen LogP contribution in [0.2, 0.25) is 0 Å². The fourth-order valence-corrected chi connectivity index (χ4v) is 2.62. The molecule has 1 rings (SSSR count). The zero-order valence-electron chi connectivity index (χ0n) is 14.6. The summed E-state index contributed by atoms with van der Waals surface area (Å²) < 4.78 is 0. The maximum absolute atomic E-state index is 11.9. The summed E-state index contributed by atoms with van der Waals surface area (Å²) in [6, 6.07) is 0. The van der Waals surface area contributed by atoms with Gasteiger partial charge < -0.3 is 5.11 Å². The van der Waals surface area contributed by atoms with Gasteiger partial charge in [-0.25, -0.2) is 4.79 Å². The number of carbonyl (C=O) groups excluding carboxylic acids is 1. The second kappa shape index (κ2) is 7.91. The number of allylic oxidation sites excluding steroid dienone is 9. The fourth-order valence-electron chi connectivity index (χ4n) is 2.62. The van der Waals surface area contributed by atoms with E-state index >= 15 is 0 Å². The summed E-state index contributed by atoms with van der Waals surface area (Å²) in [5.74, 6) is -0.709. The van der Waals surface area contributed by atoms with E-state index in [0.717, 1.165) is 23.1 Å². The smallest absolute Gasteiger partial charge is 0.328 e. The standard InChI is InChI=1S/C20H26O3/c1-14(7-6-8-15(2)13-19(22)23)9-10-17-16(3)18(21)11-12-20(17,4)5/h6-10,13H,11-12H2,1-5H3,(H,22,23)/b8-6+,10-9+,14-7+,15-13+. The molecule has 0 unspecified atom stereocenters. The third-order valence-electron chi connectivity index (χ3n) is 4.11. The van der Waals surface area contributed by atoms with Crippen LogP contribution in [0.1, 0.15) is 47.5 Å². The first-order valence-electron chi connectivity index (χ1n) is 7.82. The molecule has 0 spiro atoms. The molecule has 0 aliphatic heterocycles. The molecule has 0 bridgehead atoms. The summed E-state index contributed by atoms with van der Waals surface area (Å²) in [5, 5.41) is 8.65. The number of rotatable bonds is 5. The Hall–Kier alpha value is -2.16. The Morgan fingerprint density at radius 2 is 1.83 bits per heavy atom. The van der Waals surface area contributed by atoms with Crippen LogP contribution in [0.4, 0.5) is 0 Å². The topological polar surface area (TPSA) is 54.4 Å². The normalized spacial score (nSPS) is 20.0. The minimum atomic E-state index is -0.945. The predicted octanol–water partition coefficient (Wildman–Crippen LogP) is 4.78. The molecule has 1 aliphatic carbocycles. The van der Waals surface area contributed by atoms with Crippen molar-refractivity contribution in [3.63, 3.8) is 0 Å². The lowest BCUT2D eigenvalue weighted by Crippen LogP contribution is -2.24. The molecule has 0 aromatic rings. The van der Waals surface area contributed by atoms with Crippen molar-refractivity contribution in [2.75, 3.05) is 0 Å². The zero-order valence-corrected chi connectivity index (χ0v) is 14.6. The molecule has 3 nitrogen and oxygen atoms in total. The van der Waals surface area contributed by atoms with Crippen LogP contribution in [0.25, 0.3) is 0 Å². The number of hydrogen-bond acceptors (Lipinski definition) is 2. The Kier molecular flexibility index (Phi) is 6.49. The van der Waals surface area contributed by atoms with Crippen LogP contribution in [-0.2, 0) is 9.59 Å². The predicted molar refractivity (Wildman–Crippen MR) is 94.2 cm³/mol. The van der Waals surface area contributed by atoms with Crippen molar-refractivity contribution >= 4 is 11.8 Å². The van der Waals surface area contributed by atoms with Gasteiger partial charge in [-0.05, 0) is 49.3 Å². The molecule has 1 N–H and O–H groups in total. The van der Waals surface area contributed by atoms with Gasteiger partial charge in [0.2, 0.25) is 0 Å². The van der Waals surface area contributed by atoms with Gasteiger partial charge in [-0.1, -0.05) is 49.8 Å². The molecule has 124 valence electrons. The molecule has 0 saturated carbocycles. The molecular formula is C20H26O3. The largest absolute Gasteiger partial charge is 0.478 e. The van der Waals surface area contributed by atoms with Crippen molar-refractivity contribution in [2.45, 2.75) is 47.5 Å². The minimum absolute atomic E-state index is 0.0193. The van der Waals surface area contributed by atoms with Gasteiger partial charge in [-0.15, -0.1) is 0 Å². The summed E-state index contributed by atoms with van der Waals surface area (Å²) in [6.45, 7) is 9.96. The number of ketones is 1. The van der Waals surface area contributed by atoms with E-state index in [4.69, 9.17) is 5.11 Å². The van der Waals surface area contributed by atoms with Crippen molar-refractivity contribution < 1.29 is 14.7 Å². The van der Waals surface area contributed by atoms with E-state index < -0.39 is 5.97 Å². The lowest BCUT2D eigenvalue weighted by atomic mass is 9.72. The average molecular weight is 314 g/mol. The highest BCUT2D eigenvalue weighted by Crippen LogP contribution is 2.39. The van der Waals surface area contributed by atoms with Crippen LogP contribution in [0.15, 0.2) is 58.7 Å². The van der Waals surface area contributed by atoms with E-state index in [0.29, 0.717) is 12.0 Å². The summed E-state index contributed by atoms with van der Waals surface area (Å²) in [7, 11) is 0. The van der Waals surface area contributed by atoms with Crippen LogP contribution < -0.4 is 0 Å². The molecule has 0 aromatic heterocycles. The first-order valence-corrected chi connectivity index (χ1v) is 7.82. The third-order valence-corrected chi connectivity index (χ3v) is 4.11. The maximum Gasteiger partial charge on any atom is 0.328 e. The van der Waals surface area contributed by atoms with E-state index in [-0.39, 0.29) is 11.2 Å². The van der Waals surface area contributed by atoms with Crippen molar-refractivity contribution in [2.24, 2.45) is 5.41 Å². The van der Waals surface area contributed by atoms with Crippen molar-refractivity contribution in [3.05, 3.63) is 58.7 Å². The highest BCUT2D eigenvalue weighted by Gasteiger charge is 2.30. The molecule has 0 heterocycles. The Labute approximate surface area is 138 Å². The van der Waals surface area contributed by atoms with Crippen LogP contribution in [0, 0.1) is 5.41 Å². The van der Waals surface area contributed by atoms with Gasteiger partial charge in [0.1, 0.15) is 0 Å². The van der Waals surface area contributed by atoms with Gasteiger partial charge in [-0.2, -0.15) is 0 Å². The zero-order chi connectivity index (χ0) is 17.6. The third kappa shape index (κ3) is 5.85. The molecule has 0 radical (unpaired) electrons. The second-order valence-electron chi connectivity index (χ2n) is 6.68. The number of hydrogen-bond donors (Lipinski definition) is 1. The number of carboxylic acid groups (broad SMARTS) is 1. The lowest BCUT2D eigenvalue weighted by molar-refractivity contribution is -0.131. The number of Topliss-reactive ketones (excluding diaryl/α,β-unsaturated/α-hetero) is 1. The Balaban J connectivity index is 2.89.